The molecule has 0 bridgehead atoms. The van der Waals surface area contributed by atoms with E-state index in [4.69, 9.17) is 28.9 Å². The highest BCUT2D eigenvalue weighted by Crippen LogP contribution is 2.21. The Morgan fingerprint density at radius 2 is 1.89 bits per heavy atom. The van der Waals surface area contributed by atoms with E-state index < -0.39 is 0 Å². The lowest BCUT2D eigenvalue weighted by atomic mass is 10.2. The monoisotopic (exact) mass is 281 g/mol. The van der Waals surface area contributed by atoms with Crippen molar-refractivity contribution >= 4 is 40.5 Å². The van der Waals surface area contributed by atoms with E-state index >= 15 is 0 Å². The minimum absolute atomic E-state index is 0.336. The summed E-state index contributed by atoms with van der Waals surface area (Å²) in [5, 5.41) is 3.46. The molecule has 0 unspecified atom stereocenters. The van der Waals surface area contributed by atoms with E-state index in [2.05, 4.69) is 10.3 Å². The summed E-state index contributed by atoms with van der Waals surface area (Å²) in [7, 11) is 0. The number of hydrogen-bond acceptors (Lipinski definition) is 3. The Bertz CT molecular complexity index is 581. The van der Waals surface area contributed by atoms with Gasteiger partial charge in [-0.25, -0.2) is 0 Å². The zero-order chi connectivity index (χ0) is 13.1. The predicted octanol–water partition coefficient (Wildman–Crippen LogP) is 3.22. The van der Waals surface area contributed by atoms with Gasteiger partial charge in [-0.15, -0.1) is 0 Å². The maximum Gasteiger partial charge on any atom is 0.255 e. The number of carbonyl (C=O) groups is 1. The van der Waals surface area contributed by atoms with E-state index in [1.807, 2.05) is 0 Å². The number of nitrogens with one attached hydrogen (secondary N) is 1. The van der Waals surface area contributed by atoms with Crippen LogP contribution in [0, 0.1) is 0 Å². The number of pyridine rings is 1. The zero-order valence-electron chi connectivity index (χ0n) is 9.15. The molecule has 0 aliphatic heterocycles. The van der Waals surface area contributed by atoms with Crippen LogP contribution in [0.5, 0.6) is 0 Å². The first-order valence-corrected chi connectivity index (χ1v) is 5.79. The van der Waals surface area contributed by atoms with Crippen LogP contribution in [0.4, 0.5) is 11.4 Å². The summed E-state index contributed by atoms with van der Waals surface area (Å²) in [6.07, 6.45) is 3.00. The predicted molar refractivity (Wildman–Crippen MR) is 73.1 cm³/mol. The largest absolute Gasteiger partial charge is 0.396 e. The number of aromatic nitrogens is 1. The van der Waals surface area contributed by atoms with E-state index in [1.54, 1.807) is 12.1 Å². The summed E-state index contributed by atoms with van der Waals surface area (Å²) in [6.45, 7) is 0. The number of amides is 1. The number of anilines is 2. The molecule has 4 nitrogen and oxygen atoms in total. The van der Waals surface area contributed by atoms with Crippen LogP contribution < -0.4 is 11.1 Å². The van der Waals surface area contributed by atoms with E-state index in [0.717, 1.165) is 0 Å². The highest BCUT2D eigenvalue weighted by Gasteiger charge is 2.09. The molecular weight excluding hydrogens is 273 g/mol. The summed E-state index contributed by atoms with van der Waals surface area (Å²) < 4.78 is 0. The Hall–Kier alpha value is -1.78. The van der Waals surface area contributed by atoms with Crippen LogP contribution in [0.15, 0.2) is 36.7 Å². The molecule has 18 heavy (non-hydrogen) atoms. The van der Waals surface area contributed by atoms with Crippen molar-refractivity contribution in [3.05, 3.63) is 52.3 Å². The van der Waals surface area contributed by atoms with Crippen LogP contribution in [0.25, 0.3) is 0 Å². The lowest BCUT2D eigenvalue weighted by molar-refractivity contribution is 0.102. The maximum atomic E-state index is 12.0. The third-order valence-electron chi connectivity index (χ3n) is 2.22. The van der Waals surface area contributed by atoms with Crippen molar-refractivity contribution in [1.82, 2.24) is 4.98 Å². The van der Waals surface area contributed by atoms with Crippen molar-refractivity contribution in [3.8, 4) is 0 Å². The molecule has 0 atom stereocenters. The molecule has 2 rings (SSSR count). The van der Waals surface area contributed by atoms with Gasteiger partial charge in [0.25, 0.3) is 5.91 Å². The number of rotatable bonds is 2. The third-order valence-corrected chi connectivity index (χ3v) is 2.66. The van der Waals surface area contributed by atoms with E-state index in [9.17, 15) is 4.79 Å². The van der Waals surface area contributed by atoms with Crippen LogP contribution in [0.3, 0.4) is 0 Å². The first kappa shape index (κ1) is 12.7. The van der Waals surface area contributed by atoms with Gasteiger partial charge in [0.1, 0.15) is 0 Å². The van der Waals surface area contributed by atoms with Crippen molar-refractivity contribution < 1.29 is 4.79 Å². The van der Waals surface area contributed by atoms with Gasteiger partial charge in [-0.3, -0.25) is 9.78 Å². The van der Waals surface area contributed by atoms with Gasteiger partial charge >= 0.3 is 0 Å². The van der Waals surface area contributed by atoms with Crippen LogP contribution in [-0.4, -0.2) is 10.9 Å². The molecule has 6 heteroatoms. The van der Waals surface area contributed by atoms with Crippen LogP contribution >= 0.6 is 23.2 Å². The second kappa shape index (κ2) is 5.25. The van der Waals surface area contributed by atoms with Gasteiger partial charge in [-0.05, 0) is 24.3 Å². The third kappa shape index (κ3) is 2.91. The molecule has 1 heterocycles. The van der Waals surface area contributed by atoms with Crippen molar-refractivity contribution in [2.24, 2.45) is 0 Å². The second-order valence-electron chi connectivity index (χ2n) is 3.58. The molecule has 0 aliphatic rings. The minimum Gasteiger partial charge on any atom is -0.396 e. The van der Waals surface area contributed by atoms with Gasteiger partial charge in [0.2, 0.25) is 0 Å². The lowest BCUT2D eigenvalue weighted by Crippen LogP contribution is -2.13. The van der Waals surface area contributed by atoms with E-state index in [1.165, 1.54) is 24.5 Å². The Morgan fingerprint density at radius 1 is 1.22 bits per heavy atom. The first-order valence-electron chi connectivity index (χ1n) is 5.03. The fourth-order valence-electron chi connectivity index (χ4n) is 1.40. The Balaban J connectivity index is 2.25. The highest BCUT2D eigenvalue weighted by molar-refractivity contribution is 6.35. The second-order valence-corrected chi connectivity index (χ2v) is 4.45. The number of nitrogen functional groups attached to an aromatic ring is 1. The summed E-state index contributed by atoms with van der Waals surface area (Å²) >= 11 is 11.7. The summed E-state index contributed by atoms with van der Waals surface area (Å²) in [5.74, 6) is -0.336. The summed E-state index contributed by atoms with van der Waals surface area (Å²) in [4.78, 5) is 15.8. The Labute approximate surface area is 114 Å². The molecule has 3 N–H and O–H groups in total. The quantitative estimate of drug-likeness (QED) is 0.888. The average molecular weight is 282 g/mol. The number of hydrogen-bond donors (Lipinski definition) is 2. The molecule has 0 radical (unpaired) electrons. The molecule has 0 saturated heterocycles. The average Bonchev–Trinajstić information content (AvgIpc) is 2.31. The lowest BCUT2D eigenvalue weighted by Gasteiger charge is -2.08. The standard InChI is InChI=1S/C12H9Cl2N3O/c13-8-3-7(4-9(14)5-8)12(18)17-11-1-2-16-6-10(11)15/h1-6H,15H2,(H,16,17,18). The highest BCUT2D eigenvalue weighted by atomic mass is 35.5. The fourth-order valence-corrected chi connectivity index (χ4v) is 1.93. The van der Waals surface area contributed by atoms with E-state index in [-0.39, 0.29) is 5.91 Å². The number of halogens is 2. The van der Waals surface area contributed by atoms with Crippen LogP contribution in [0.2, 0.25) is 10.0 Å². The fraction of sp³-hybridized carbons (Fsp3) is 0. The molecule has 1 amide bonds. The van der Waals surface area contributed by atoms with Gasteiger partial charge in [0.15, 0.2) is 0 Å². The zero-order valence-corrected chi connectivity index (χ0v) is 10.7. The molecule has 2 aromatic rings. The molecular formula is C12H9Cl2N3O. The Kier molecular flexibility index (Phi) is 3.69. The van der Waals surface area contributed by atoms with Gasteiger partial charge in [0.05, 0.1) is 17.6 Å². The number of nitrogens with zero attached hydrogens (tertiary/aromatic N) is 1. The topological polar surface area (TPSA) is 68.0 Å². The normalized spacial score (nSPS) is 10.1. The number of nitrogens with two attached hydrogens (primary N) is 1. The summed E-state index contributed by atoms with van der Waals surface area (Å²) in [6, 6.07) is 6.22. The maximum absolute atomic E-state index is 12.0. The molecule has 0 saturated carbocycles. The van der Waals surface area contributed by atoms with Gasteiger partial charge < -0.3 is 11.1 Å². The van der Waals surface area contributed by atoms with E-state index in [0.29, 0.717) is 27.0 Å². The van der Waals surface area contributed by atoms with Gasteiger partial charge in [-0.1, -0.05) is 23.2 Å². The molecule has 1 aromatic heterocycles. The number of benzene rings is 1. The molecule has 0 spiro atoms. The van der Waals surface area contributed by atoms with Crippen molar-refractivity contribution in [2.45, 2.75) is 0 Å². The molecule has 92 valence electrons. The number of carbonyl (C=O) groups excluding carboxylic acids is 1. The minimum atomic E-state index is -0.336. The van der Waals surface area contributed by atoms with Gasteiger partial charge in [0, 0.05) is 21.8 Å². The molecule has 0 fully saturated rings. The smallest absolute Gasteiger partial charge is 0.255 e. The molecule has 0 aliphatic carbocycles. The van der Waals surface area contributed by atoms with Crippen LogP contribution in [0.1, 0.15) is 10.4 Å². The summed E-state index contributed by atoms with van der Waals surface area (Å²) in [5.41, 5.74) is 6.92. The first-order chi connectivity index (χ1) is 8.56. The van der Waals surface area contributed by atoms with Crippen molar-refractivity contribution in [1.29, 1.82) is 0 Å². The Morgan fingerprint density at radius 3 is 2.50 bits per heavy atom. The van der Waals surface area contributed by atoms with Crippen LogP contribution in [-0.2, 0) is 0 Å². The van der Waals surface area contributed by atoms with Crippen molar-refractivity contribution in [2.75, 3.05) is 11.1 Å². The van der Waals surface area contributed by atoms with Gasteiger partial charge in [-0.2, -0.15) is 0 Å². The molecule has 1 aromatic carbocycles. The van der Waals surface area contributed by atoms with Crippen molar-refractivity contribution in [3.63, 3.8) is 0 Å². The SMILES string of the molecule is Nc1cnccc1NC(=O)c1cc(Cl)cc(Cl)c1.